The molecule has 5 atom stereocenters. The van der Waals surface area contributed by atoms with Crippen molar-refractivity contribution in [1.29, 1.82) is 0 Å². The normalized spacial score (nSPS) is 18.5. The summed E-state index contributed by atoms with van der Waals surface area (Å²) in [5.74, 6) is -1.84. The van der Waals surface area contributed by atoms with E-state index < -0.39 is 35.7 Å². The van der Waals surface area contributed by atoms with E-state index in [1.165, 1.54) is 7.11 Å². The standard InChI is InChI=1S/C31H42N2O6/c1-21(24-16-11-8-12-17-24)26(29(35)38-20-23-14-9-7-10-15-23)32-28(34)22(2)27(37-6)25-18-13-19-33(25)30(36)39-31(3,4)5/h7-12,14-17,21-22,25-27H,13,18-20H2,1-6H3,(H,32,34)/t21-,22+,25-,26-,27+/m0/s1. The van der Waals surface area contributed by atoms with E-state index in [1.54, 1.807) is 11.8 Å². The fourth-order valence-electron chi connectivity index (χ4n) is 4.97. The summed E-state index contributed by atoms with van der Waals surface area (Å²) in [5.41, 5.74) is 1.14. The van der Waals surface area contributed by atoms with Gasteiger partial charge in [0.05, 0.1) is 18.1 Å². The molecule has 2 amide bonds. The van der Waals surface area contributed by atoms with E-state index in [2.05, 4.69) is 5.32 Å². The van der Waals surface area contributed by atoms with Gasteiger partial charge in [0.2, 0.25) is 5.91 Å². The van der Waals surface area contributed by atoms with Crippen LogP contribution in [-0.4, -0.2) is 60.3 Å². The van der Waals surface area contributed by atoms with Crippen molar-refractivity contribution in [3.8, 4) is 0 Å². The highest BCUT2D eigenvalue weighted by Gasteiger charge is 2.42. The van der Waals surface area contributed by atoms with Crippen LogP contribution in [0.4, 0.5) is 4.79 Å². The summed E-state index contributed by atoms with van der Waals surface area (Å²) in [7, 11) is 1.54. The van der Waals surface area contributed by atoms with Crippen LogP contribution in [0.5, 0.6) is 0 Å². The highest BCUT2D eigenvalue weighted by atomic mass is 16.6. The molecule has 0 bridgehead atoms. The average Bonchev–Trinajstić information content (AvgIpc) is 3.40. The van der Waals surface area contributed by atoms with Crippen LogP contribution in [0.1, 0.15) is 64.5 Å². The number of hydrogen-bond acceptors (Lipinski definition) is 6. The van der Waals surface area contributed by atoms with E-state index >= 15 is 0 Å². The lowest BCUT2D eigenvalue weighted by atomic mass is 9.91. The van der Waals surface area contributed by atoms with Gasteiger partial charge in [-0.05, 0) is 44.7 Å². The van der Waals surface area contributed by atoms with Gasteiger partial charge in [0, 0.05) is 19.6 Å². The van der Waals surface area contributed by atoms with Gasteiger partial charge >= 0.3 is 12.1 Å². The third-order valence-electron chi connectivity index (χ3n) is 7.09. The molecule has 1 fully saturated rings. The largest absolute Gasteiger partial charge is 0.459 e. The minimum atomic E-state index is -0.908. The number of benzene rings is 2. The van der Waals surface area contributed by atoms with Gasteiger partial charge < -0.3 is 24.4 Å². The maximum Gasteiger partial charge on any atom is 0.410 e. The number of esters is 1. The molecule has 0 saturated carbocycles. The van der Waals surface area contributed by atoms with E-state index in [1.807, 2.05) is 88.4 Å². The Kier molecular flexibility index (Phi) is 10.5. The second kappa shape index (κ2) is 13.6. The van der Waals surface area contributed by atoms with Gasteiger partial charge in [0.1, 0.15) is 18.2 Å². The van der Waals surface area contributed by atoms with Gasteiger partial charge in [0.25, 0.3) is 0 Å². The molecule has 0 spiro atoms. The van der Waals surface area contributed by atoms with Crippen LogP contribution >= 0.6 is 0 Å². The number of nitrogens with zero attached hydrogens (tertiary/aromatic N) is 1. The zero-order valence-corrected chi connectivity index (χ0v) is 23.9. The molecule has 39 heavy (non-hydrogen) atoms. The lowest BCUT2D eigenvalue weighted by Gasteiger charge is -2.35. The van der Waals surface area contributed by atoms with E-state index in [4.69, 9.17) is 14.2 Å². The first-order valence-electron chi connectivity index (χ1n) is 13.6. The lowest BCUT2D eigenvalue weighted by Crippen LogP contribution is -2.53. The molecule has 3 rings (SSSR count). The number of nitrogens with one attached hydrogen (secondary N) is 1. The molecule has 0 aromatic heterocycles. The highest BCUT2D eigenvalue weighted by molar-refractivity contribution is 5.86. The van der Waals surface area contributed by atoms with Crippen molar-refractivity contribution in [3.05, 3.63) is 71.8 Å². The van der Waals surface area contributed by atoms with Gasteiger partial charge in [-0.2, -0.15) is 0 Å². The second-order valence-electron chi connectivity index (χ2n) is 11.2. The summed E-state index contributed by atoms with van der Waals surface area (Å²) in [4.78, 5) is 41.4. The van der Waals surface area contributed by atoms with Crippen molar-refractivity contribution >= 4 is 18.0 Å². The van der Waals surface area contributed by atoms with Crippen LogP contribution in [0.25, 0.3) is 0 Å². The summed E-state index contributed by atoms with van der Waals surface area (Å²) in [5, 5.41) is 2.94. The predicted molar refractivity (Wildman–Crippen MR) is 149 cm³/mol. The van der Waals surface area contributed by atoms with Crippen LogP contribution in [0.2, 0.25) is 0 Å². The Balaban J connectivity index is 1.76. The van der Waals surface area contributed by atoms with Crippen LogP contribution in [0, 0.1) is 5.92 Å². The van der Waals surface area contributed by atoms with Gasteiger partial charge in [0.15, 0.2) is 0 Å². The van der Waals surface area contributed by atoms with Crippen molar-refractivity contribution in [2.45, 2.75) is 83.8 Å². The summed E-state index contributed by atoms with van der Waals surface area (Å²) in [6.45, 7) is 9.77. The van der Waals surface area contributed by atoms with Crippen molar-refractivity contribution in [1.82, 2.24) is 10.2 Å². The van der Waals surface area contributed by atoms with E-state index in [0.29, 0.717) is 13.0 Å². The van der Waals surface area contributed by atoms with Crippen LogP contribution in [0.15, 0.2) is 60.7 Å². The number of carbonyl (C=O) groups excluding carboxylic acids is 3. The summed E-state index contributed by atoms with van der Waals surface area (Å²) < 4.78 is 17.0. The number of likely N-dealkylation sites (tertiary alicyclic amines) is 1. The number of carbonyl (C=O) groups is 3. The fourth-order valence-corrected chi connectivity index (χ4v) is 4.97. The molecule has 1 heterocycles. The topological polar surface area (TPSA) is 94.2 Å². The lowest BCUT2D eigenvalue weighted by molar-refractivity contribution is -0.151. The Labute approximate surface area is 232 Å². The highest BCUT2D eigenvalue weighted by Crippen LogP contribution is 2.29. The minimum Gasteiger partial charge on any atom is -0.459 e. The van der Waals surface area contributed by atoms with Crippen LogP contribution in [-0.2, 0) is 30.4 Å². The summed E-state index contributed by atoms with van der Waals surface area (Å²) in [6.07, 6.45) is 0.489. The third kappa shape index (κ3) is 8.30. The third-order valence-corrected chi connectivity index (χ3v) is 7.09. The molecule has 1 saturated heterocycles. The first-order chi connectivity index (χ1) is 18.5. The molecule has 0 aliphatic carbocycles. The monoisotopic (exact) mass is 538 g/mol. The smallest absolute Gasteiger partial charge is 0.410 e. The molecule has 2 aromatic carbocycles. The van der Waals surface area contributed by atoms with E-state index in [0.717, 1.165) is 17.5 Å². The zero-order valence-electron chi connectivity index (χ0n) is 23.9. The first kappa shape index (κ1) is 30.2. The first-order valence-corrected chi connectivity index (χ1v) is 13.6. The molecule has 1 aliphatic heterocycles. The zero-order chi connectivity index (χ0) is 28.6. The predicted octanol–water partition coefficient (Wildman–Crippen LogP) is 5.07. The van der Waals surface area contributed by atoms with Crippen molar-refractivity contribution in [3.63, 3.8) is 0 Å². The van der Waals surface area contributed by atoms with Crippen LogP contribution < -0.4 is 5.32 Å². The molecule has 0 radical (unpaired) electrons. The molecule has 8 nitrogen and oxygen atoms in total. The molecule has 212 valence electrons. The Morgan fingerprint density at radius 1 is 1.00 bits per heavy atom. The molecular weight excluding hydrogens is 496 g/mol. The average molecular weight is 539 g/mol. The Hall–Kier alpha value is -3.39. The maximum atomic E-state index is 13.6. The molecule has 0 unspecified atom stereocenters. The van der Waals surface area contributed by atoms with Crippen molar-refractivity contribution in [2.75, 3.05) is 13.7 Å². The minimum absolute atomic E-state index is 0.108. The SMILES string of the molecule is CO[C@H]([C@@H](C)C(=O)N[C@H](C(=O)OCc1ccccc1)[C@@H](C)c1ccccc1)[C@@H]1CCCN1C(=O)OC(C)(C)C. The maximum absolute atomic E-state index is 13.6. The Bertz CT molecular complexity index is 1090. The molecule has 8 heteroatoms. The van der Waals surface area contributed by atoms with Crippen molar-refractivity contribution < 1.29 is 28.6 Å². The van der Waals surface area contributed by atoms with Gasteiger partial charge in [-0.1, -0.05) is 74.5 Å². The molecule has 1 N–H and O–H groups in total. The molecule has 2 aromatic rings. The van der Waals surface area contributed by atoms with E-state index in [-0.39, 0.29) is 24.5 Å². The number of rotatable bonds is 10. The Morgan fingerprint density at radius 2 is 1.62 bits per heavy atom. The van der Waals surface area contributed by atoms with Gasteiger partial charge in [-0.3, -0.25) is 4.79 Å². The van der Waals surface area contributed by atoms with E-state index in [9.17, 15) is 14.4 Å². The van der Waals surface area contributed by atoms with Crippen LogP contribution in [0.3, 0.4) is 0 Å². The Morgan fingerprint density at radius 3 is 2.21 bits per heavy atom. The van der Waals surface area contributed by atoms with Crippen molar-refractivity contribution in [2.24, 2.45) is 5.92 Å². The van der Waals surface area contributed by atoms with Gasteiger partial charge in [-0.15, -0.1) is 0 Å². The number of hydrogen-bond donors (Lipinski definition) is 1. The van der Waals surface area contributed by atoms with Gasteiger partial charge in [-0.25, -0.2) is 9.59 Å². The molecular formula is C31H42N2O6. The molecule has 1 aliphatic rings. The number of ether oxygens (including phenoxy) is 3. The summed E-state index contributed by atoms with van der Waals surface area (Å²) in [6, 6.07) is 17.7. The number of amides is 2. The summed E-state index contributed by atoms with van der Waals surface area (Å²) >= 11 is 0. The fraction of sp³-hybridized carbons (Fsp3) is 0.516. The number of methoxy groups -OCH3 is 1. The quantitative estimate of drug-likeness (QED) is 0.425. The second-order valence-corrected chi connectivity index (χ2v) is 11.2.